The maximum atomic E-state index is 12.5. The molecular weight excluding hydrogens is 286 g/mol. The van der Waals surface area contributed by atoms with Crippen molar-refractivity contribution in [3.05, 3.63) is 42.1 Å². The number of carbonyl (C=O) groups is 1. The maximum Gasteiger partial charge on any atom is 0.237 e. The molecule has 1 saturated heterocycles. The van der Waals surface area contributed by atoms with Gasteiger partial charge in [-0.05, 0) is 25.0 Å². The van der Waals surface area contributed by atoms with E-state index in [-0.39, 0.29) is 0 Å². The first kappa shape index (κ1) is 14.6. The average molecular weight is 309 g/mol. The van der Waals surface area contributed by atoms with Crippen molar-refractivity contribution in [3.8, 4) is 0 Å². The fraction of sp³-hybridized carbons (Fsp3) is 0.474. The van der Waals surface area contributed by atoms with Gasteiger partial charge in [0.2, 0.25) is 5.91 Å². The Balaban J connectivity index is 1.42. The SMILES string of the molecule is O=C1CN(Cc2ccc3ccccc3n2)CCN1C1CCCC1. The third-order valence-electron chi connectivity index (χ3n) is 5.14. The molecule has 0 atom stereocenters. The lowest BCUT2D eigenvalue weighted by Crippen LogP contribution is -2.53. The molecule has 1 aromatic carbocycles. The number of carbonyl (C=O) groups excluding carboxylic acids is 1. The summed E-state index contributed by atoms with van der Waals surface area (Å²) < 4.78 is 0. The zero-order valence-corrected chi connectivity index (χ0v) is 13.4. The Morgan fingerprint density at radius 1 is 1.04 bits per heavy atom. The molecule has 1 amide bonds. The van der Waals surface area contributed by atoms with E-state index in [1.54, 1.807) is 0 Å². The van der Waals surface area contributed by atoms with Crippen molar-refractivity contribution >= 4 is 16.8 Å². The largest absolute Gasteiger partial charge is 0.337 e. The normalized spacial score (nSPS) is 20.5. The molecule has 1 saturated carbocycles. The van der Waals surface area contributed by atoms with E-state index in [1.165, 1.54) is 31.1 Å². The first-order valence-electron chi connectivity index (χ1n) is 8.66. The van der Waals surface area contributed by atoms with Crippen LogP contribution in [0.25, 0.3) is 10.9 Å². The molecule has 0 bridgehead atoms. The van der Waals surface area contributed by atoms with Crippen LogP contribution in [0.5, 0.6) is 0 Å². The van der Waals surface area contributed by atoms with Crippen LogP contribution in [0.3, 0.4) is 0 Å². The van der Waals surface area contributed by atoms with Crippen molar-refractivity contribution in [2.24, 2.45) is 0 Å². The highest BCUT2D eigenvalue weighted by Gasteiger charge is 2.31. The van der Waals surface area contributed by atoms with Crippen molar-refractivity contribution < 1.29 is 4.79 Å². The van der Waals surface area contributed by atoms with Crippen LogP contribution < -0.4 is 0 Å². The van der Waals surface area contributed by atoms with Gasteiger partial charge in [0.25, 0.3) is 0 Å². The number of benzene rings is 1. The van der Waals surface area contributed by atoms with Crippen molar-refractivity contribution in [2.75, 3.05) is 19.6 Å². The molecule has 4 heteroatoms. The number of rotatable bonds is 3. The molecule has 1 aliphatic heterocycles. The summed E-state index contributed by atoms with van der Waals surface area (Å²) in [7, 11) is 0. The van der Waals surface area contributed by atoms with Gasteiger partial charge in [-0.15, -0.1) is 0 Å². The van der Waals surface area contributed by atoms with E-state index >= 15 is 0 Å². The summed E-state index contributed by atoms with van der Waals surface area (Å²) in [5.74, 6) is 0.295. The third-order valence-corrected chi connectivity index (χ3v) is 5.14. The molecule has 1 aliphatic carbocycles. The molecule has 2 aliphatic rings. The quantitative estimate of drug-likeness (QED) is 0.875. The van der Waals surface area contributed by atoms with E-state index in [2.05, 4.69) is 28.0 Å². The molecule has 0 radical (unpaired) electrons. The van der Waals surface area contributed by atoms with Crippen LogP contribution in [0, 0.1) is 0 Å². The number of fused-ring (bicyclic) bond motifs is 1. The van der Waals surface area contributed by atoms with Crippen molar-refractivity contribution in [3.63, 3.8) is 0 Å². The van der Waals surface area contributed by atoms with E-state index in [1.807, 2.05) is 18.2 Å². The first-order valence-corrected chi connectivity index (χ1v) is 8.66. The lowest BCUT2D eigenvalue weighted by molar-refractivity contribution is -0.138. The van der Waals surface area contributed by atoms with Gasteiger partial charge in [-0.3, -0.25) is 14.7 Å². The molecule has 4 rings (SSSR count). The van der Waals surface area contributed by atoms with Crippen LogP contribution in [0.4, 0.5) is 0 Å². The van der Waals surface area contributed by atoms with E-state index < -0.39 is 0 Å². The molecule has 0 spiro atoms. The van der Waals surface area contributed by atoms with Crippen LogP contribution in [-0.2, 0) is 11.3 Å². The molecule has 0 N–H and O–H groups in total. The topological polar surface area (TPSA) is 36.4 Å². The Kier molecular flexibility index (Phi) is 4.00. The number of hydrogen-bond donors (Lipinski definition) is 0. The zero-order valence-electron chi connectivity index (χ0n) is 13.4. The summed E-state index contributed by atoms with van der Waals surface area (Å²) in [5, 5.41) is 1.17. The molecule has 120 valence electrons. The van der Waals surface area contributed by atoms with Crippen LogP contribution in [0.2, 0.25) is 0 Å². The summed E-state index contributed by atoms with van der Waals surface area (Å²) in [5.41, 5.74) is 2.08. The molecular formula is C19H23N3O. The second-order valence-electron chi connectivity index (χ2n) is 6.73. The molecule has 4 nitrogen and oxygen atoms in total. The van der Waals surface area contributed by atoms with Gasteiger partial charge >= 0.3 is 0 Å². The van der Waals surface area contributed by atoms with Gasteiger partial charge in [0.1, 0.15) is 0 Å². The number of para-hydroxylation sites is 1. The summed E-state index contributed by atoms with van der Waals surface area (Å²) in [4.78, 5) is 21.5. The lowest BCUT2D eigenvalue weighted by Gasteiger charge is -2.37. The second kappa shape index (κ2) is 6.28. The van der Waals surface area contributed by atoms with E-state index in [0.717, 1.165) is 30.8 Å². The monoisotopic (exact) mass is 309 g/mol. The fourth-order valence-corrected chi connectivity index (χ4v) is 3.90. The molecule has 2 aromatic rings. The van der Waals surface area contributed by atoms with Crippen molar-refractivity contribution in [1.29, 1.82) is 0 Å². The average Bonchev–Trinajstić information content (AvgIpc) is 3.09. The Hall–Kier alpha value is -1.94. The smallest absolute Gasteiger partial charge is 0.237 e. The van der Waals surface area contributed by atoms with Crippen molar-refractivity contribution in [2.45, 2.75) is 38.3 Å². The number of piperazine rings is 1. The Morgan fingerprint density at radius 3 is 2.70 bits per heavy atom. The third kappa shape index (κ3) is 3.08. The van der Waals surface area contributed by atoms with Crippen LogP contribution in [0.15, 0.2) is 36.4 Å². The number of hydrogen-bond acceptors (Lipinski definition) is 3. The molecule has 1 aromatic heterocycles. The second-order valence-corrected chi connectivity index (χ2v) is 6.73. The standard InChI is InChI=1S/C19H23N3O/c23-19-14-21(11-12-22(19)17-6-2-3-7-17)13-16-10-9-15-5-1-4-8-18(15)20-16/h1,4-5,8-10,17H,2-3,6-7,11-14H2. The summed E-state index contributed by atoms with van der Waals surface area (Å²) in [6.45, 7) is 3.12. The van der Waals surface area contributed by atoms with Crippen LogP contribution in [0.1, 0.15) is 31.4 Å². The Morgan fingerprint density at radius 2 is 1.87 bits per heavy atom. The fourth-order valence-electron chi connectivity index (χ4n) is 3.90. The van der Waals surface area contributed by atoms with Crippen LogP contribution >= 0.6 is 0 Å². The zero-order chi connectivity index (χ0) is 15.6. The van der Waals surface area contributed by atoms with Gasteiger partial charge in [-0.25, -0.2) is 0 Å². The van der Waals surface area contributed by atoms with Gasteiger partial charge in [0.15, 0.2) is 0 Å². The summed E-state index contributed by atoms with van der Waals surface area (Å²) in [6, 6.07) is 12.9. The predicted octanol–water partition coefficient (Wildman–Crippen LogP) is 2.82. The molecule has 2 fully saturated rings. The highest BCUT2D eigenvalue weighted by Crippen LogP contribution is 2.25. The van der Waals surface area contributed by atoms with E-state index in [0.29, 0.717) is 18.5 Å². The first-order chi connectivity index (χ1) is 11.3. The number of pyridine rings is 1. The van der Waals surface area contributed by atoms with Crippen molar-refractivity contribution in [1.82, 2.24) is 14.8 Å². The maximum absolute atomic E-state index is 12.5. The minimum absolute atomic E-state index is 0.295. The molecule has 0 unspecified atom stereocenters. The highest BCUT2D eigenvalue weighted by atomic mass is 16.2. The van der Waals surface area contributed by atoms with Crippen LogP contribution in [-0.4, -0.2) is 46.4 Å². The number of nitrogens with zero attached hydrogens (tertiary/aromatic N) is 3. The summed E-state index contributed by atoms with van der Waals surface area (Å²) in [6.07, 6.45) is 4.94. The van der Waals surface area contributed by atoms with Gasteiger partial charge in [0, 0.05) is 31.1 Å². The van der Waals surface area contributed by atoms with E-state index in [4.69, 9.17) is 4.98 Å². The molecule has 23 heavy (non-hydrogen) atoms. The Labute approximate surface area is 137 Å². The number of aromatic nitrogens is 1. The lowest BCUT2D eigenvalue weighted by atomic mass is 10.1. The van der Waals surface area contributed by atoms with Gasteiger partial charge in [0.05, 0.1) is 17.8 Å². The van der Waals surface area contributed by atoms with Gasteiger partial charge < -0.3 is 4.90 Å². The Bertz CT molecular complexity index is 709. The van der Waals surface area contributed by atoms with Gasteiger partial charge in [-0.1, -0.05) is 37.1 Å². The predicted molar refractivity (Wildman–Crippen MR) is 91.0 cm³/mol. The van der Waals surface area contributed by atoms with Gasteiger partial charge in [-0.2, -0.15) is 0 Å². The summed E-state index contributed by atoms with van der Waals surface area (Å²) >= 11 is 0. The minimum Gasteiger partial charge on any atom is -0.337 e. The number of amides is 1. The molecule has 2 heterocycles. The minimum atomic E-state index is 0.295. The van der Waals surface area contributed by atoms with E-state index in [9.17, 15) is 4.79 Å². The highest BCUT2D eigenvalue weighted by molar-refractivity contribution is 5.80.